The Morgan fingerprint density at radius 2 is 1.86 bits per heavy atom. The van der Waals surface area contributed by atoms with Crippen molar-refractivity contribution in [1.82, 2.24) is 19.9 Å². The summed E-state index contributed by atoms with van der Waals surface area (Å²) in [5.41, 5.74) is 4.24. The molecule has 196 valence electrons. The fourth-order valence-electron chi connectivity index (χ4n) is 4.22. The number of carboxylic acids is 1. The third-order valence-corrected chi connectivity index (χ3v) is 6.37. The second kappa shape index (κ2) is 10.8. The minimum Gasteiger partial charge on any atom is -0.476 e. The van der Waals surface area contributed by atoms with Gasteiger partial charge in [-0.15, -0.1) is 5.10 Å². The summed E-state index contributed by atoms with van der Waals surface area (Å²) in [5.74, 6) is -1.53. The minimum atomic E-state index is -1.17. The lowest BCUT2D eigenvalue weighted by Crippen LogP contribution is -2.36. The van der Waals surface area contributed by atoms with Crippen LogP contribution in [0.1, 0.15) is 58.3 Å². The number of morpholine rings is 1. The first-order chi connectivity index (χ1) is 17.6. The standard InChI is InChI=1S/C27H33N5O5/c1-18-6-7-20(14-24(18)31-17-23(26(34)35)28-29-31)25(33)32(36-5)22-13-19(12-21(15-22)27(2,3)4)16-30-8-10-37-11-9-30/h6-7,12-15,17H,8-11,16H2,1-5H3,(H,34,35). The van der Waals surface area contributed by atoms with Crippen LogP contribution >= 0.6 is 0 Å². The maximum Gasteiger partial charge on any atom is 0.358 e. The lowest BCUT2D eigenvalue weighted by molar-refractivity contribution is 0.0341. The average molecular weight is 508 g/mol. The van der Waals surface area contributed by atoms with Crippen molar-refractivity contribution in [2.24, 2.45) is 0 Å². The number of carbonyl (C=O) groups excluding carboxylic acids is 1. The van der Waals surface area contributed by atoms with Crippen molar-refractivity contribution in [2.45, 2.75) is 39.7 Å². The zero-order valence-corrected chi connectivity index (χ0v) is 21.9. The Labute approximate surface area is 216 Å². The maximum atomic E-state index is 13.7. The Morgan fingerprint density at radius 3 is 2.49 bits per heavy atom. The number of carboxylic acid groups (broad SMARTS) is 1. The molecule has 2 heterocycles. The van der Waals surface area contributed by atoms with E-state index in [9.17, 15) is 14.7 Å². The SMILES string of the molecule is CON(C(=O)c1ccc(C)c(-n2cc(C(=O)O)nn2)c1)c1cc(CN2CCOCC2)cc(C(C)(C)C)c1. The van der Waals surface area contributed by atoms with Crippen LogP contribution < -0.4 is 5.06 Å². The molecule has 0 unspecified atom stereocenters. The highest BCUT2D eigenvalue weighted by molar-refractivity contribution is 6.05. The van der Waals surface area contributed by atoms with Crippen LogP contribution in [0.3, 0.4) is 0 Å². The van der Waals surface area contributed by atoms with Gasteiger partial charge in [-0.1, -0.05) is 38.1 Å². The number of aromatic carboxylic acids is 1. The third kappa shape index (κ3) is 6.04. The molecule has 0 radical (unpaired) electrons. The topological polar surface area (TPSA) is 110 Å². The first-order valence-corrected chi connectivity index (χ1v) is 12.2. The molecule has 1 N–H and O–H groups in total. The van der Waals surface area contributed by atoms with Gasteiger partial charge in [-0.3, -0.25) is 14.5 Å². The molecular formula is C27H33N5O5. The van der Waals surface area contributed by atoms with Crippen LogP contribution in [0.2, 0.25) is 0 Å². The maximum absolute atomic E-state index is 13.7. The second-order valence-electron chi connectivity index (χ2n) is 10.2. The average Bonchev–Trinajstić information content (AvgIpc) is 3.35. The highest BCUT2D eigenvalue weighted by Crippen LogP contribution is 2.30. The van der Waals surface area contributed by atoms with Crippen molar-refractivity contribution >= 4 is 17.6 Å². The van der Waals surface area contributed by atoms with E-state index >= 15 is 0 Å². The Morgan fingerprint density at radius 1 is 1.14 bits per heavy atom. The van der Waals surface area contributed by atoms with E-state index in [0.29, 0.717) is 30.2 Å². The molecule has 0 spiro atoms. The van der Waals surface area contributed by atoms with Crippen LogP contribution in [-0.4, -0.2) is 70.3 Å². The van der Waals surface area contributed by atoms with E-state index in [1.807, 2.05) is 19.1 Å². The van der Waals surface area contributed by atoms with E-state index < -0.39 is 5.97 Å². The normalized spacial score (nSPS) is 14.5. The number of ether oxygens (including phenoxy) is 1. The molecule has 0 atom stereocenters. The molecule has 3 aromatic rings. The lowest BCUT2D eigenvalue weighted by atomic mass is 9.85. The van der Waals surface area contributed by atoms with Gasteiger partial charge in [-0.25, -0.2) is 9.48 Å². The van der Waals surface area contributed by atoms with Gasteiger partial charge in [0, 0.05) is 25.2 Å². The monoisotopic (exact) mass is 507 g/mol. The van der Waals surface area contributed by atoms with E-state index in [2.05, 4.69) is 42.0 Å². The van der Waals surface area contributed by atoms with Gasteiger partial charge in [-0.2, -0.15) is 5.06 Å². The minimum absolute atomic E-state index is 0.135. The molecule has 0 bridgehead atoms. The third-order valence-electron chi connectivity index (χ3n) is 6.37. The van der Waals surface area contributed by atoms with Gasteiger partial charge >= 0.3 is 5.97 Å². The van der Waals surface area contributed by atoms with Gasteiger partial charge in [0.15, 0.2) is 5.69 Å². The molecule has 1 saturated heterocycles. The van der Waals surface area contributed by atoms with E-state index in [-0.39, 0.29) is 17.0 Å². The number of aromatic nitrogens is 3. The first-order valence-electron chi connectivity index (χ1n) is 12.2. The number of nitrogens with zero attached hydrogens (tertiary/aromatic N) is 5. The van der Waals surface area contributed by atoms with E-state index in [1.165, 1.54) is 23.1 Å². The van der Waals surface area contributed by atoms with E-state index in [1.54, 1.807) is 18.2 Å². The summed E-state index contributed by atoms with van der Waals surface area (Å²) in [7, 11) is 1.47. The number of hydrogen-bond acceptors (Lipinski definition) is 7. The summed E-state index contributed by atoms with van der Waals surface area (Å²) in [5, 5.41) is 18.1. The Kier molecular flexibility index (Phi) is 7.72. The largest absolute Gasteiger partial charge is 0.476 e. The van der Waals surface area contributed by atoms with Crippen LogP contribution in [0, 0.1) is 6.92 Å². The van der Waals surface area contributed by atoms with Crippen molar-refractivity contribution in [1.29, 1.82) is 0 Å². The fourth-order valence-corrected chi connectivity index (χ4v) is 4.22. The summed E-state index contributed by atoms with van der Waals surface area (Å²) in [6.07, 6.45) is 1.32. The number of hydrogen-bond donors (Lipinski definition) is 1. The number of rotatable bonds is 7. The van der Waals surface area contributed by atoms with Crippen LogP contribution in [0.4, 0.5) is 5.69 Å². The van der Waals surface area contributed by atoms with Crippen molar-refractivity contribution in [3.63, 3.8) is 0 Å². The quantitative estimate of drug-likeness (QED) is 0.483. The van der Waals surface area contributed by atoms with Crippen molar-refractivity contribution in [3.05, 3.63) is 70.5 Å². The zero-order chi connectivity index (χ0) is 26.7. The molecule has 1 aliphatic heterocycles. The van der Waals surface area contributed by atoms with E-state index in [0.717, 1.165) is 36.3 Å². The summed E-state index contributed by atoms with van der Waals surface area (Å²) in [6, 6.07) is 11.3. The van der Waals surface area contributed by atoms with Crippen molar-refractivity contribution in [2.75, 3.05) is 38.5 Å². The predicted octanol–water partition coefficient (Wildman–Crippen LogP) is 3.61. The smallest absolute Gasteiger partial charge is 0.358 e. The van der Waals surface area contributed by atoms with Gasteiger partial charge in [0.2, 0.25) is 0 Å². The van der Waals surface area contributed by atoms with Crippen LogP contribution in [0.15, 0.2) is 42.6 Å². The molecule has 37 heavy (non-hydrogen) atoms. The summed E-state index contributed by atoms with van der Waals surface area (Å²) < 4.78 is 6.84. The molecule has 1 amide bonds. The highest BCUT2D eigenvalue weighted by Gasteiger charge is 2.24. The van der Waals surface area contributed by atoms with Gasteiger partial charge in [0.1, 0.15) is 0 Å². The van der Waals surface area contributed by atoms with Gasteiger partial charge in [0.05, 0.1) is 37.9 Å². The van der Waals surface area contributed by atoms with E-state index in [4.69, 9.17) is 9.57 Å². The number of amides is 1. The molecule has 1 aromatic heterocycles. The Bertz CT molecular complexity index is 1290. The summed E-state index contributed by atoms with van der Waals surface area (Å²) in [6.45, 7) is 12.2. The van der Waals surface area contributed by atoms with Crippen molar-refractivity contribution in [3.8, 4) is 5.69 Å². The van der Waals surface area contributed by atoms with Gasteiger partial charge < -0.3 is 9.84 Å². The van der Waals surface area contributed by atoms with Crippen LogP contribution in [0.5, 0.6) is 0 Å². The Balaban J connectivity index is 1.69. The zero-order valence-electron chi connectivity index (χ0n) is 21.9. The van der Waals surface area contributed by atoms with Gasteiger partial charge in [-0.05, 0) is 53.3 Å². The first kappa shape index (κ1) is 26.5. The van der Waals surface area contributed by atoms with Crippen LogP contribution in [0.25, 0.3) is 5.69 Å². The highest BCUT2D eigenvalue weighted by atomic mass is 16.7. The molecule has 1 aliphatic rings. The number of hydroxylamine groups is 1. The molecule has 1 fully saturated rings. The predicted molar refractivity (Wildman–Crippen MR) is 138 cm³/mol. The lowest BCUT2D eigenvalue weighted by Gasteiger charge is -2.29. The summed E-state index contributed by atoms with van der Waals surface area (Å²) in [4.78, 5) is 32.9. The number of carbonyl (C=O) groups is 2. The molecule has 2 aromatic carbocycles. The molecular weight excluding hydrogens is 474 g/mol. The molecule has 0 aliphatic carbocycles. The molecule has 4 rings (SSSR count). The van der Waals surface area contributed by atoms with Crippen LogP contribution in [-0.2, 0) is 21.5 Å². The summed E-state index contributed by atoms with van der Waals surface area (Å²) >= 11 is 0. The number of anilines is 1. The Hall–Kier alpha value is -3.60. The van der Waals surface area contributed by atoms with Gasteiger partial charge in [0.25, 0.3) is 5.91 Å². The second-order valence-corrected chi connectivity index (χ2v) is 10.2. The molecule has 10 heteroatoms. The molecule has 0 saturated carbocycles. The van der Waals surface area contributed by atoms with Crippen molar-refractivity contribution < 1.29 is 24.3 Å². The number of benzene rings is 2. The molecule has 10 nitrogen and oxygen atoms in total. The number of aryl methyl sites for hydroxylation is 1. The fraction of sp³-hybridized carbons (Fsp3) is 0.407.